The third kappa shape index (κ3) is 4.19. The summed E-state index contributed by atoms with van der Waals surface area (Å²) in [7, 11) is 0. The third-order valence-electron chi connectivity index (χ3n) is 4.89. The maximum Gasteiger partial charge on any atom is 0.305 e. The number of rotatable bonds is 5. The Kier molecular flexibility index (Phi) is 5.73. The first-order valence-electron chi connectivity index (χ1n) is 9.23. The third-order valence-corrected chi connectivity index (χ3v) is 4.89. The molecule has 1 N–H and O–H groups in total. The minimum atomic E-state index is -0.944. The van der Waals surface area contributed by atoms with Gasteiger partial charge in [-0.2, -0.15) is 5.10 Å². The first-order chi connectivity index (χ1) is 13.3. The van der Waals surface area contributed by atoms with Crippen molar-refractivity contribution in [2.24, 2.45) is 0 Å². The van der Waals surface area contributed by atoms with Crippen LogP contribution in [0.15, 0.2) is 6.07 Å². The molecular weight excluding hydrogens is 362 g/mol. The summed E-state index contributed by atoms with van der Waals surface area (Å²) in [5, 5.41) is 13.6. The highest BCUT2D eigenvalue weighted by Crippen LogP contribution is 2.20. The van der Waals surface area contributed by atoms with Crippen LogP contribution in [0.3, 0.4) is 0 Å². The number of amides is 1. The highest BCUT2D eigenvalue weighted by molar-refractivity contribution is 5.80. The average molecular weight is 387 g/mol. The van der Waals surface area contributed by atoms with Crippen LogP contribution in [0.1, 0.15) is 34.8 Å². The molecule has 3 heterocycles. The Morgan fingerprint density at radius 3 is 2.54 bits per heavy atom. The predicted octanol–water partition coefficient (Wildman–Crippen LogP) is 1.14. The molecule has 1 amide bonds. The molecule has 150 valence electrons. The summed E-state index contributed by atoms with van der Waals surface area (Å²) >= 11 is 0. The lowest BCUT2D eigenvalue weighted by Gasteiger charge is -2.35. The SMILES string of the molecule is Cc1cc(C)nc(-n2nc(C)c(CC(=O)N3CCOCC3CC(=O)O)c2C)n1. The van der Waals surface area contributed by atoms with Crippen molar-refractivity contribution in [2.45, 2.75) is 46.6 Å². The van der Waals surface area contributed by atoms with Gasteiger partial charge in [-0.25, -0.2) is 14.6 Å². The number of carboxylic acids is 1. The number of carboxylic acid groups (broad SMARTS) is 1. The van der Waals surface area contributed by atoms with Crippen molar-refractivity contribution in [3.63, 3.8) is 0 Å². The summed E-state index contributed by atoms with van der Waals surface area (Å²) in [4.78, 5) is 34.5. The Morgan fingerprint density at radius 2 is 1.89 bits per heavy atom. The molecule has 0 aromatic carbocycles. The number of aromatic nitrogens is 4. The van der Waals surface area contributed by atoms with Gasteiger partial charge in [0, 0.05) is 29.2 Å². The number of ether oxygens (including phenoxy) is 1. The van der Waals surface area contributed by atoms with Gasteiger partial charge in [0.05, 0.1) is 37.8 Å². The molecule has 9 nitrogen and oxygen atoms in total. The van der Waals surface area contributed by atoms with E-state index in [1.54, 1.807) is 9.58 Å². The van der Waals surface area contributed by atoms with E-state index in [9.17, 15) is 9.59 Å². The van der Waals surface area contributed by atoms with E-state index < -0.39 is 12.0 Å². The second-order valence-corrected chi connectivity index (χ2v) is 7.10. The quantitative estimate of drug-likeness (QED) is 0.819. The fraction of sp³-hybridized carbons (Fsp3) is 0.526. The molecule has 1 unspecified atom stereocenters. The lowest BCUT2D eigenvalue weighted by Crippen LogP contribution is -2.50. The van der Waals surface area contributed by atoms with E-state index in [1.165, 1.54) is 0 Å². The fourth-order valence-corrected chi connectivity index (χ4v) is 3.53. The first kappa shape index (κ1) is 19.9. The summed E-state index contributed by atoms with van der Waals surface area (Å²) in [6.07, 6.45) is 0.0258. The van der Waals surface area contributed by atoms with Crippen LogP contribution in [-0.2, 0) is 20.7 Å². The Labute approximate surface area is 163 Å². The normalized spacial score (nSPS) is 17.0. The van der Waals surface area contributed by atoms with Crippen molar-refractivity contribution in [2.75, 3.05) is 19.8 Å². The van der Waals surface area contributed by atoms with Crippen LogP contribution in [0.2, 0.25) is 0 Å². The van der Waals surface area contributed by atoms with Gasteiger partial charge < -0.3 is 14.7 Å². The molecular formula is C19H25N5O4. The van der Waals surface area contributed by atoms with E-state index in [1.807, 2.05) is 33.8 Å². The summed E-state index contributed by atoms with van der Waals surface area (Å²) < 4.78 is 7.01. The van der Waals surface area contributed by atoms with Crippen LogP contribution >= 0.6 is 0 Å². The molecule has 2 aromatic heterocycles. The molecule has 0 bridgehead atoms. The number of carbonyl (C=O) groups excluding carboxylic acids is 1. The van der Waals surface area contributed by atoms with Gasteiger partial charge in [-0.1, -0.05) is 0 Å². The smallest absolute Gasteiger partial charge is 0.305 e. The van der Waals surface area contributed by atoms with Crippen LogP contribution < -0.4 is 0 Å². The van der Waals surface area contributed by atoms with Gasteiger partial charge in [-0.3, -0.25) is 9.59 Å². The number of hydrogen-bond acceptors (Lipinski definition) is 6. The minimum absolute atomic E-state index is 0.123. The van der Waals surface area contributed by atoms with Crippen molar-refractivity contribution < 1.29 is 19.4 Å². The van der Waals surface area contributed by atoms with Crippen molar-refractivity contribution in [3.05, 3.63) is 34.4 Å². The van der Waals surface area contributed by atoms with Gasteiger partial charge in [-0.15, -0.1) is 0 Å². The Bertz CT molecular complexity index is 888. The molecule has 0 aliphatic carbocycles. The van der Waals surface area contributed by atoms with Crippen LogP contribution in [0.5, 0.6) is 0 Å². The van der Waals surface area contributed by atoms with Gasteiger partial charge in [0.25, 0.3) is 5.95 Å². The summed E-state index contributed by atoms with van der Waals surface area (Å²) in [5.41, 5.74) is 4.04. The van der Waals surface area contributed by atoms with Gasteiger partial charge in [-0.05, 0) is 33.8 Å². The molecule has 0 spiro atoms. The van der Waals surface area contributed by atoms with Gasteiger partial charge in [0.2, 0.25) is 5.91 Å². The van der Waals surface area contributed by atoms with Crippen LogP contribution in [-0.4, -0.2) is 67.4 Å². The monoisotopic (exact) mass is 387 g/mol. The zero-order valence-electron chi connectivity index (χ0n) is 16.6. The molecule has 1 aliphatic heterocycles. The van der Waals surface area contributed by atoms with Crippen molar-refractivity contribution in [1.29, 1.82) is 0 Å². The summed E-state index contributed by atoms with van der Waals surface area (Å²) in [6, 6.07) is 1.44. The van der Waals surface area contributed by atoms with Gasteiger partial charge in [0.1, 0.15) is 0 Å². The van der Waals surface area contributed by atoms with Crippen LogP contribution in [0.25, 0.3) is 5.95 Å². The first-order valence-corrected chi connectivity index (χ1v) is 9.23. The Hall–Kier alpha value is -2.81. The highest BCUT2D eigenvalue weighted by Gasteiger charge is 2.30. The minimum Gasteiger partial charge on any atom is -0.481 e. The molecule has 28 heavy (non-hydrogen) atoms. The number of nitrogens with zero attached hydrogens (tertiary/aromatic N) is 5. The highest BCUT2D eigenvalue weighted by atomic mass is 16.5. The lowest BCUT2D eigenvalue weighted by atomic mass is 10.1. The van der Waals surface area contributed by atoms with Crippen molar-refractivity contribution in [1.82, 2.24) is 24.6 Å². The van der Waals surface area contributed by atoms with Gasteiger partial charge in [0.15, 0.2) is 0 Å². The molecule has 2 aromatic rings. The van der Waals surface area contributed by atoms with E-state index in [2.05, 4.69) is 15.1 Å². The molecule has 0 saturated carbocycles. The Balaban J connectivity index is 1.85. The zero-order valence-corrected chi connectivity index (χ0v) is 16.6. The number of aliphatic carboxylic acids is 1. The maximum absolute atomic E-state index is 12.9. The number of carbonyl (C=O) groups is 2. The molecule has 1 atom stereocenters. The summed E-state index contributed by atoms with van der Waals surface area (Å²) in [5.74, 6) is -0.589. The van der Waals surface area contributed by atoms with E-state index in [-0.39, 0.29) is 25.4 Å². The summed E-state index contributed by atoms with van der Waals surface area (Å²) in [6.45, 7) is 8.58. The lowest BCUT2D eigenvalue weighted by molar-refractivity contribution is -0.145. The number of hydrogen-bond donors (Lipinski definition) is 1. The topological polar surface area (TPSA) is 110 Å². The molecule has 9 heteroatoms. The second-order valence-electron chi connectivity index (χ2n) is 7.10. The number of aryl methyl sites for hydroxylation is 3. The van der Waals surface area contributed by atoms with Gasteiger partial charge >= 0.3 is 5.97 Å². The molecule has 1 fully saturated rings. The molecule has 1 aliphatic rings. The number of morpholine rings is 1. The van der Waals surface area contributed by atoms with E-state index in [0.29, 0.717) is 19.1 Å². The van der Waals surface area contributed by atoms with E-state index in [4.69, 9.17) is 9.84 Å². The maximum atomic E-state index is 12.9. The predicted molar refractivity (Wildman–Crippen MR) is 100 cm³/mol. The fourth-order valence-electron chi connectivity index (χ4n) is 3.53. The molecule has 0 radical (unpaired) electrons. The van der Waals surface area contributed by atoms with Crippen LogP contribution in [0.4, 0.5) is 0 Å². The standard InChI is InChI=1S/C19H25N5O4/c1-11-7-12(2)21-19(20-11)24-14(4)16(13(3)22-24)9-17(25)23-5-6-28-10-15(23)8-18(26)27/h7,15H,5-6,8-10H2,1-4H3,(H,26,27). The largest absolute Gasteiger partial charge is 0.481 e. The van der Waals surface area contributed by atoms with Crippen LogP contribution in [0, 0.1) is 27.7 Å². The van der Waals surface area contributed by atoms with Crippen molar-refractivity contribution >= 4 is 11.9 Å². The molecule has 1 saturated heterocycles. The Morgan fingerprint density at radius 1 is 1.21 bits per heavy atom. The average Bonchev–Trinajstić information content (AvgIpc) is 2.89. The zero-order chi connectivity index (χ0) is 20.4. The second kappa shape index (κ2) is 8.05. The van der Waals surface area contributed by atoms with E-state index in [0.717, 1.165) is 28.3 Å². The molecule has 3 rings (SSSR count). The van der Waals surface area contributed by atoms with E-state index >= 15 is 0 Å². The van der Waals surface area contributed by atoms with Crippen molar-refractivity contribution in [3.8, 4) is 5.95 Å².